The van der Waals surface area contributed by atoms with E-state index in [9.17, 15) is 4.79 Å². The van der Waals surface area contributed by atoms with E-state index < -0.39 is 5.54 Å². The highest BCUT2D eigenvalue weighted by Gasteiger charge is 2.38. The summed E-state index contributed by atoms with van der Waals surface area (Å²) in [6.07, 6.45) is 10.1. The van der Waals surface area contributed by atoms with Crippen LogP contribution in [0.15, 0.2) is 54.9 Å². The van der Waals surface area contributed by atoms with Crippen LogP contribution < -0.4 is 10.2 Å². The second-order valence-corrected chi connectivity index (χ2v) is 10.7. The summed E-state index contributed by atoms with van der Waals surface area (Å²) in [5.41, 5.74) is 5.86. The van der Waals surface area contributed by atoms with Crippen molar-refractivity contribution in [2.45, 2.75) is 38.8 Å². The number of nitrogens with one attached hydrogen (secondary N) is 1. The van der Waals surface area contributed by atoms with Crippen LogP contribution in [-0.4, -0.2) is 46.1 Å². The van der Waals surface area contributed by atoms with Gasteiger partial charge in [-0.3, -0.25) is 0 Å². The van der Waals surface area contributed by atoms with Crippen LogP contribution in [0.1, 0.15) is 54.8 Å². The number of allylic oxidation sites excluding steroid dienone is 1. The summed E-state index contributed by atoms with van der Waals surface area (Å²) in [5.74, 6) is 3.58. The number of fused-ring (bicyclic) bond motifs is 1. The van der Waals surface area contributed by atoms with E-state index in [1.165, 1.54) is 5.57 Å². The second kappa shape index (κ2) is 9.91. The van der Waals surface area contributed by atoms with E-state index >= 15 is 0 Å². The Morgan fingerprint density at radius 1 is 1.16 bits per heavy atom. The number of halogens is 1. The first-order chi connectivity index (χ1) is 17.7. The third kappa shape index (κ3) is 5.05. The number of aromatic nitrogens is 2. The molecule has 2 aliphatic rings. The zero-order valence-corrected chi connectivity index (χ0v) is 22.1. The molecule has 1 aliphatic carbocycles. The largest absolute Gasteiger partial charge is 0.352 e. The van der Waals surface area contributed by atoms with Crippen LogP contribution in [0.25, 0.3) is 11.6 Å². The molecule has 1 aliphatic heterocycles. The molecule has 3 aromatic rings. The minimum atomic E-state index is -0.398. The smallest absolute Gasteiger partial charge is 0.318 e. The summed E-state index contributed by atoms with van der Waals surface area (Å²) in [7, 11) is 0. The molecule has 2 aromatic carbocycles. The molecule has 2 amide bonds. The summed E-state index contributed by atoms with van der Waals surface area (Å²) >= 11 is 6.14. The molecule has 5 rings (SSSR count). The molecular formula is C30H30ClN5O. The van der Waals surface area contributed by atoms with Gasteiger partial charge in [-0.2, -0.15) is 0 Å². The molecule has 7 heteroatoms. The maximum Gasteiger partial charge on any atom is 0.318 e. The number of anilines is 1. The van der Waals surface area contributed by atoms with Gasteiger partial charge in [0, 0.05) is 42.2 Å². The Balaban J connectivity index is 1.32. The normalized spacial score (nSPS) is 17.0. The van der Waals surface area contributed by atoms with Gasteiger partial charge in [0.2, 0.25) is 0 Å². The Bertz CT molecular complexity index is 1410. The van der Waals surface area contributed by atoms with Crippen molar-refractivity contribution in [3.63, 3.8) is 0 Å². The number of terminal acetylenes is 1. The van der Waals surface area contributed by atoms with E-state index in [0.717, 1.165) is 40.2 Å². The van der Waals surface area contributed by atoms with Crippen LogP contribution in [0, 0.1) is 12.3 Å². The fourth-order valence-electron chi connectivity index (χ4n) is 5.17. The SMILES string of the molecule is C#Cc1ccc(C2=Cc3c(ncnc3N3CCN(C(=O)N[C@@H](C)c4cccc(Cl)c4)C(C)(C)C3)C2)cc1. The predicted octanol–water partition coefficient (Wildman–Crippen LogP) is 5.58. The molecule has 1 aromatic heterocycles. The molecule has 1 N–H and O–H groups in total. The van der Waals surface area contributed by atoms with Crippen molar-refractivity contribution in [1.82, 2.24) is 20.2 Å². The molecule has 6 nitrogen and oxygen atoms in total. The number of amides is 2. The van der Waals surface area contributed by atoms with E-state index in [4.69, 9.17) is 18.0 Å². The van der Waals surface area contributed by atoms with Crippen molar-refractivity contribution in [2.24, 2.45) is 0 Å². The van der Waals surface area contributed by atoms with Crippen molar-refractivity contribution in [2.75, 3.05) is 24.5 Å². The van der Waals surface area contributed by atoms with Gasteiger partial charge >= 0.3 is 6.03 Å². The van der Waals surface area contributed by atoms with Gasteiger partial charge < -0.3 is 15.1 Å². The van der Waals surface area contributed by atoms with Crippen molar-refractivity contribution in [1.29, 1.82) is 0 Å². The number of hydrogen-bond donors (Lipinski definition) is 1. The van der Waals surface area contributed by atoms with Crippen LogP contribution in [0.5, 0.6) is 0 Å². The number of hydrogen-bond acceptors (Lipinski definition) is 4. The zero-order valence-electron chi connectivity index (χ0n) is 21.3. The lowest BCUT2D eigenvalue weighted by molar-refractivity contribution is 0.121. The van der Waals surface area contributed by atoms with Crippen LogP contribution >= 0.6 is 11.6 Å². The Labute approximate surface area is 223 Å². The first-order valence-corrected chi connectivity index (χ1v) is 12.8. The maximum absolute atomic E-state index is 13.3. The Morgan fingerprint density at radius 2 is 1.95 bits per heavy atom. The summed E-state index contributed by atoms with van der Waals surface area (Å²) in [4.78, 5) is 26.7. The third-order valence-electron chi connectivity index (χ3n) is 7.18. The van der Waals surface area contributed by atoms with E-state index in [0.29, 0.717) is 24.7 Å². The number of nitrogens with zero attached hydrogens (tertiary/aromatic N) is 4. The molecule has 1 saturated heterocycles. The fourth-order valence-corrected chi connectivity index (χ4v) is 5.37. The van der Waals surface area contributed by atoms with Crippen molar-refractivity contribution in [3.05, 3.63) is 87.8 Å². The molecule has 2 heterocycles. The maximum atomic E-state index is 13.3. The highest BCUT2D eigenvalue weighted by atomic mass is 35.5. The lowest BCUT2D eigenvalue weighted by atomic mass is 9.98. The Morgan fingerprint density at radius 3 is 2.65 bits per heavy atom. The molecule has 0 bridgehead atoms. The Kier molecular flexibility index (Phi) is 6.66. The third-order valence-corrected chi connectivity index (χ3v) is 7.41. The molecule has 1 atom stereocenters. The highest BCUT2D eigenvalue weighted by molar-refractivity contribution is 6.30. The number of piperazine rings is 1. The van der Waals surface area contributed by atoms with Crippen LogP contribution in [-0.2, 0) is 6.42 Å². The molecule has 0 saturated carbocycles. The number of rotatable bonds is 4. The first-order valence-electron chi connectivity index (χ1n) is 12.5. The van der Waals surface area contributed by atoms with Gasteiger partial charge in [-0.1, -0.05) is 41.8 Å². The molecule has 0 unspecified atom stereocenters. The molecule has 0 radical (unpaired) electrons. The number of carbonyl (C=O) groups excluding carboxylic acids is 1. The van der Waals surface area contributed by atoms with Gasteiger partial charge in [-0.15, -0.1) is 6.42 Å². The van der Waals surface area contributed by atoms with Gasteiger partial charge in [0.05, 0.1) is 17.3 Å². The summed E-state index contributed by atoms with van der Waals surface area (Å²) in [6, 6.07) is 15.4. The van der Waals surface area contributed by atoms with E-state index in [1.54, 1.807) is 6.33 Å². The van der Waals surface area contributed by atoms with Crippen LogP contribution in [0.4, 0.5) is 10.6 Å². The molecular weight excluding hydrogens is 482 g/mol. The lowest BCUT2D eigenvalue weighted by Crippen LogP contribution is -2.63. The minimum absolute atomic E-state index is 0.0809. The fraction of sp³-hybridized carbons (Fsp3) is 0.300. The quantitative estimate of drug-likeness (QED) is 0.464. The number of urea groups is 1. The van der Waals surface area contributed by atoms with Crippen LogP contribution in [0.2, 0.25) is 5.02 Å². The topological polar surface area (TPSA) is 61.4 Å². The average Bonchev–Trinajstić information content (AvgIpc) is 3.32. The zero-order chi connectivity index (χ0) is 26.2. The summed E-state index contributed by atoms with van der Waals surface area (Å²) in [6.45, 7) is 8.10. The van der Waals surface area contributed by atoms with E-state index in [-0.39, 0.29) is 12.1 Å². The van der Waals surface area contributed by atoms with Crippen molar-refractivity contribution < 1.29 is 4.79 Å². The van der Waals surface area contributed by atoms with E-state index in [1.807, 2.05) is 48.2 Å². The monoisotopic (exact) mass is 511 g/mol. The second-order valence-electron chi connectivity index (χ2n) is 10.2. The van der Waals surface area contributed by atoms with Gasteiger partial charge in [-0.25, -0.2) is 14.8 Å². The molecule has 0 spiro atoms. The Hall–Kier alpha value is -3.82. The molecule has 188 valence electrons. The van der Waals surface area contributed by atoms with E-state index in [2.05, 4.69) is 58.2 Å². The molecule has 1 fully saturated rings. The van der Waals surface area contributed by atoms with Crippen molar-refractivity contribution >= 4 is 35.1 Å². The van der Waals surface area contributed by atoms with Gasteiger partial charge in [0.15, 0.2) is 0 Å². The van der Waals surface area contributed by atoms with Gasteiger partial charge in [0.1, 0.15) is 12.1 Å². The van der Waals surface area contributed by atoms with Gasteiger partial charge in [-0.05, 0) is 67.8 Å². The predicted molar refractivity (Wildman–Crippen MR) is 149 cm³/mol. The standard InChI is InChI=1S/C30H30ClN5O/c1-5-21-9-11-22(12-10-21)24-16-26-27(17-24)32-19-33-28(26)35-13-14-36(30(3,4)18-35)29(37)34-20(2)23-7-6-8-25(31)15-23/h1,6-12,15-16,19-20H,13-14,17-18H2,2-4H3,(H,34,37)/t20-/m0/s1. The summed E-state index contributed by atoms with van der Waals surface area (Å²) < 4.78 is 0. The number of benzene rings is 2. The summed E-state index contributed by atoms with van der Waals surface area (Å²) in [5, 5.41) is 3.80. The highest BCUT2D eigenvalue weighted by Crippen LogP contribution is 2.36. The van der Waals surface area contributed by atoms with Gasteiger partial charge in [0.25, 0.3) is 0 Å². The lowest BCUT2D eigenvalue weighted by Gasteiger charge is -2.47. The first kappa shape index (κ1) is 24.9. The number of carbonyl (C=O) groups is 1. The minimum Gasteiger partial charge on any atom is -0.352 e. The van der Waals surface area contributed by atoms with Crippen LogP contribution in [0.3, 0.4) is 0 Å². The average molecular weight is 512 g/mol. The van der Waals surface area contributed by atoms with Crippen molar-refractivity contribution in [3.8, 4) is 12.3 Å². The molecule has 37 heavy (non-hydrogen) atoms.